The molecule has 5 heteroatoms. The Kier molecular flexibility index (Phi) is 4.72. The molecule has 0 fully saturated rings. The summed E-state index contributed by atoms with van der Waals surface area (Å²) in [5.41, 5.74) is 4.00. The van der Waals surface area contributed by atoms with E-state index in [1.165, 1.54) is 28.5 Å². The van der Waals surface area contributed by atoms with Crippen molar-refractivity contribution in [2.75, 3.05) is 12.8 Å². The van der Waals surface area contributed by atoms with Gasteiger partial charge >= 0.3 is 0 Å². The van der Waals surface area contributed by atoms with E-state index in [9.17, 15) is 0 Å². The lowest BCUT2D eigenvalue weighted by molar-refractivity contribution is 0.546. The van der Waals surface area contributed by atoms with Gasteiger partial charge in [0.25, 0.3) is 0 Å². The van der Waals surface area contributed by atoms with Crippen LogP contribution in [0.2, 0.25) is 0 Å². The Morgan fingerprint density at radius 1 is 1.43 bits per heavy atom. The van der Waals surface area contributed by atoms with Crippen LogP contribution < -0.4 is 5.32 Å². The molecule has 1 aliphatic heterocycles. The molecule has 2 aromatic heterocycles. The van der Waals surface area contributed by atoms with Crippen LogP contribution in [0.15, 0.2) is 12.1 Å². The van der Waals surface area contributed by atoms with Gasteiger partial charge in [-0.25, -0.2) is 0 Å². The number of hydrogen-bond acceptors (Lipinski definition) is 4. The second-order valence-electron chi connectivity index (χ2n) is 5.54. The van der Waals surface area contributed by atoms with Gasteiger partial charge in [0.1, 0.15) is 0 Å². The molecule has 0 bridgehead atoms. The molecule has 21 heavy (non-hydrogen) atoms. The molecule has 0 saturated carbocycles. The fourth-order valence-electron chi connectivity index (χ4n) is 2.93. The smallest absolute Gasteiger partial charge is 0.0596 e. The van der Waals surface area contributed by atoms with Gasteiger partial charge in [-0.2, -0.15) is 16.9 Å². The third-order valence-corrected chi connectivity index (χ3v) is 6.40. The van der Waals surface area contributed by atoms with Crippen molar-refractivity contribution in [3.8, 4) is 0 Å². The molecule has 1 N–H and O–H groups in total. The first kappa shape index (κ1) is 15.1. The van der Waals surface area contributed by atoms with Crippen LogP contribution in [0.25, 0.3) is 0 Å². The molecule has 114 valence electrons. The molecule has 1 aliphatic rings. The number of aryl methyl sites for hydroxylation is 3. The van der Waals surface area contributed by atoms with Gasteiger partial charge in [-0.1, -0.05) is 0 Å². The van der Waals surface area contributed by atoms with Gasteiger partial charge < -0.3 is 5.32 Å². The van der Waals surface area contributed by atoms with E-state index in [1.807, 2.05) is 11.3 Å². The van der Waals surface area contributed by atoms with Crippen LogP contribution in [0, 0.1) is 6.92 Å². The average molecular weight is 322 g/mol. The van der Waals surface area contributed by atoms with Gasteiger partial charge in [0, 0.05) is 40.2 Å². The van der Waals surface area contributed by atoms with Crippen LogP contribution in [0.5, 0.6) is 0 Å². The molecule has 0 saturated heterocycles. The normalized spacial score (nSPS) is 16.0. The summed E-state index contributed by atoms with van der Waals surface area (Å²) in [7, 11) is 2.07. The van der Waals surface area contributed by atoms with Gasteiger partial charge in [-0.05, 0) is 50.8 Å². The van der Waals surface area contributed by atoms with E-state index in [1.54, 1.807) is 10.4 Å². The predicted octanol–water partition coefficient (Wildman–Crippen LogP) is 3.57. The Balaban J connectivity index is 1.83. The van der Waals surface area contributed by atoms with Crippen LogP contribution in [-0.2, 0) is 25.1 Å². The third kappa shape index (κ3) is 3.20. The van der Waals surface area contributed by atoms with Crippen molar-refractivity contribution < 1.29 is 0 Å². The van der Waals surface area contributed by atoms with E-state index in [-0.39, 0.29) is 0 Å². The zero-order valence-corrected chi connectivity index (χ0v) is 14.6. The molecule has 1 unspecified atom stereocenters. The Bertz CT molecular complexity index is 592. The van der Waals surface area contributed by atoms with Crippen LogP contribution in [0.3, 0.4) is 0 Å². The molecule has 0 aliphatic carbocycles. The molecule has 0 amide bonds. The molecule has 3 heterocycles. The lowest BCUT2D eigenvalue weighted by Crippen LogP contribution is -2.19. The standard InChI is InChI=1S/C16H23N3S2/c1-4-19-13(7-11(2)18-19)9-14(17-3)16-8-12-10-20-6-5-15(12)21-16/h7-8,14,17H,4-6,9-10H2,1-3H3. The van der Waals surface area contributed by atoms with Crippen molar-refractivity contribution in [3.63, 3.8) is 0 Å². The van der Waals surface area contributed by atoms with Crippen molar-refractivity contribution in [2.45, 2.75) is 45.0 Å². The quantitative estimate of drug-likeness (QED) is 0.913. The molecule has 3 rings (SSSR count). The molecular weight excluding hydrogens is 298 g/mol. The number of hydrogen-bond donors (Lipinski definition) is 1. The average Bonchev–Trinajstić information content (AvgIpc) is 3.07. The van der Waals surface area contributed by atoms with Crippen molar-refractivity contribution in [1.29, 1.82) is 0 Å². The maximum Gasteiger partial charge on any atom is 0.0596 e. The number of thiophene rings is 1. The predicted molar refractivity (Wildman–Crippen MR) is 92.3 cm³/mol. The third-order valence-electron chi connectivity index (χ3n) is 4.04. The molecule has 0 radical (unpaired) electrons. The molecule has 3 nitrogen and oxygen atoms in total. The van der Waals surface area contributed by atoms with E-state index in [2.05, 4.69) is 59.9 Å². The van der Waals surface area contributed by atoms with E-state index in [0.29, 0.717) is 6.04 Å². The fourth-order valence-corrected chi connectivity index (χ4v) is 5.42. The summed E-state index contributed by atoms with van der Waals surface area (Å²) in [5, 5.41) is 8.06. The van der Waals surface area contributed by atoms with Gasteiger partial charge in [-0.15, -0.1) is 11.3 Å². The second-order valence-corrected chi connectivity index (χ2v) is 7.81. The van der Waals surface area contributed by atoms with E-state index in [0.717, 1.165) is 18.7 Å². The van der Waals surface area contributed by atoms with Crippen molar-refractivity contribution >= 4 is 23.1 Å². The summed E-state index contributed by atoms with van der Waals surface area (Å²) in [6, 6.07) is 5.04. The Hall–Kier alpha value is -0.780. The number of aromatic nitrogens is 2. The van der Waals surface area contributed by atoms with Crippen LogP contribution in [0.1, 0.15) is 39.7 Å². The monoisotopic (exact) mass is 321 g/mol. The largest absolute Gasteiger partial charge is 0.312 e. The van der Waals surface area contributed by atoms with Crippen molar-refractivity contribution in [1.82, 2.24) is 15.1 Å². The van der Waals surface area contributed by atoms with Crippen LogP contribution >= 0.6 is 23.1 Å². The zero-order chi connectivity index (χ0) is 14.8. The minimum absolute atomic E-state index is 0.395. The van der Waals surface area contributed by atoms with E-state index < -0.39 is 0 Å². The van der Waals surface area contributed by atoms with Crippen molar-refractivity contribution in [3.05, 3.63) is 38.8 Å². The second kappa shape index (κ2) is 6.55. The van der Waals surface area contributed by atoms with Gasteiger partial charge in [0.05, 0.1) is 5.69 Å². The number of likely N-dealkylation sites (N-methyl/N-ethyl adjacent to an activating group) is 1. The maximum atomic E-state index is 4.56. The first-order chi connectivity index (χ1) is 10.2. The number of rotatable bonds is 5. The molecule has 1 atom stereocenters. The summed E-state index contributed by atoms with van der Waals surface area (Å²) in [6.07, 6.45) is 2.25. The zero-order valence-electron chi connectivity index (χ0n) is 13.0. The number of nitrogens with one attached hydrogen (secondary N) is 1. The SMILES string of the molecule is CCn1nc(C)cc1CC(NC)c1cc2c(s1)CCSC2. The van der Waals surface area contributed by atoms with Gasteiger partial charge in [-0.3, -0.25) is 4.68 Å². The number of fused-ring (bicyclic) bond motifs is 1. The van der Waals surface area contributed by atoms with Crippen molar-refractivity contribution in [2.24, 2.45) is 0 Å². The fraction of sp³-hybridized carbons (Fsp3) is 0.562. The minimum Gasteiger partial charge on any atom is -0.312 e. The topological polar surface area (TPSA) is 29.9 Å². The summed E-state index contributed by atoms with van der Waals surface area (Å²) in [4.78, 5) is 3.08. The Morgan fingerprint density at radius 3 is 3.00 bits per heavy atom. The molecule has 2 aromatic rings. The summed E-state index contributed by atoms with van der Waals surface area (Å²) in [6.45, 7) is 5.17. The van der Waals surface area contributed by atoms with Crippen LogP contribution in [-0.4, -0.2) is 22.6 Å². The lowest BCUT2D eigenvalue weighted by Gasteiger charge is -2.15. The Morgan fingerprint density at radius 2 is 2.29 bits per heavy atom. The van der Waals surface area contributed by atoms with Gasteiger partial charge in [0.15, 0.2) is 0 Å². The van der Waals surface area contributed by atoms with E-state index in [4.69, 9.17) is 0 Å². The molecular formula is C16H23N3S2. The first-order valence-corrected chi connectivity index (χ1v) is 9.58. The summed E-state index contributed by atoms with van der Waals surface area (Å²) in [5.74, 6) is 2.47. The summed E-state index contributed by atoms with van der Waals surface area (Å²) >= 11 is 4.06. The number of thioether (sulfide) groups is 1. The van der Waals surface area contributed by atoms with Crippen LogP contribution in [0.4, 0.5) is 0 Å². The Labute approximate surface area is 135 Å². The minimum atomic E-state index is 0.395. The first-order valence-electron chi connectivity index (χ1n) is 7.61. The van der Waals surface area contributed by atoms with E-state index >= 15 is 0 Å². The van der Waals surface area contributed by atoms with Gasteiger partial charge in [0.2, 0.25) is 0 Å². The summed E-state index contributed by atoms with van der Waals surface area (Å²) < 4.78 is 2.13. The molecule has 0 aromatic carbocycles. The number of nitrogens with zero attached hydrogens (tertiary/aromatic N) is 2. The lowest BCUT2D eigenvalue weighted by atomic mass is 10.1. The highest BCUT2D eigenvalue weighted by molar-refractivity contribution is 7.98. The highest BCUT2D eigenvalue weighted by atomic mass is 32.2. The highest BCUT2D eigenvalue weighted by Gasteiger charge is 2.20. The maximum absolute atomic E-state index is 4.56. The molecule has 0 spiro atoms. The highest BCUT2D eigenvalue weighted by Crippen LogP contribution is 2.35.